The second-order valence-corrected chi connectivity index (χ2v) is 6.82. The van der Waals surface area contributed by atoms with Crippen LogP contribution < -0.4 is 15.1 Å². The van der Waals surface area contributed by atoms with Crippen LogP contribution in [0.4, 0.5) is 0 Å². The Bertz CT molecular complexity index is 671. The summed E-state index contributed by atoms with van der Waals surface area (Å²) in [6.45, 7) is 2.16. The van der Waals surface area contributed by atoms with Crippen molar-refractivity contribution in [3.05, 3.63) is 90.5 Å². The van der Waals surface area contributed by atoms with E-state index in [0.717, 1.165) is 12.2 Å². The molecule has 0 N–H and O–H groups in total. The van der Waals surface area contributed by atoms with Crippen molar-refractivity contribution in [3.8, 4) is 5.75 Å². The summed E-state index contributed by atoms with van der Waals surface area (Å²) in [5, 5.41) is 2.46. The summed E-state index contributed by atoms with van der Waals surface area (Å²) < 4.78 is 6.47. The van der Waals surface area contributed by atoms with Crippen molar-refractivity contribution >= 4 is 18.8 Å². The van der Waals surface area contributed by atoms with Crippen molar-refractivity contribution < 1.29 is 4.52 Å². The van der Waals surface area contributed by atoms with Crippen molar-refractivity contribution in [3.63, 3.8) is 0 Å². The number of hydrogen-bond acceptors (Lipinski definition) is 1. The first kappa shape index (κ1) is 14.8. The number of benzene rings is 3. The molecule has 0 aliphatic rings. The summed E-state index contributed by atoms with van der Waals surface area (Å²) >= 11 is 0. The zero-order valence-electron chi connectivity index (χ0n) is 12.6. The molecule has 2 heteroatoms. The quantitative estimate of drug-likeness (QED) is 0.622. The van der Waals surface area contributed by atoms with Crippen LogP contribution in [-0.2, 0) is 6.42 Å². The molecular weight excluding hydrogens is 287 g/mol. The summed E-state index contributed by atoms with van der Waals surface area (Å²) in [5.74, 6) is 0.990. The minimum Gasteiger partial charge on any atom is -0.464 e. The third kappa shape index (κ3) is 3.37. The Hall–Kier alpha value is -2.11. The molecule has 3 rings (SSSR count). The van der Waals surface area contributed by atoms with E-state index in [0.29, 0.717) is 0 Å². The average Bonchev–Trinajstić information content (AvgIpc) is 2.61. The first-order chi connectivity index (χ1) is 10.9. The molecule has 0 aliphatic carbocycles. The second-order valence-electron chi connectivity index (χ2n) is 5.02. The monoisotopic (exact) mass is 306 g/mol. The van der Waals surface area contributed by atoms with Gasteiger partial charge in [-0.05, 0) is 18.1 Å². The number of hydrogen-bond donors (Lipinski definition) is 0. The van der Waals surface area contributed by atoms with Gasteiger partial charge in [0.15, 0.2) is 8.15 Å². The summed E-state index contributed by atoms with van der Waals surface area (Å²) in [7, 11) is -0.849. The molecule has 110 valence electrons. The normalized spacial score (nSPS) is 10.6. The van der Waals surface area contributed by atoms with E-state index >= 15 is 0 Å². The van der Waals surface area contributed by atoms with Gasteiger partial charge in [0.25, 0.3) is 0 Å². The van der Waals surface area contributed by atoms with Gasteiger partial charge in [-0.2, -0.15) is 0 Å². The van der Waals surface area contributed by atoms with E-state index in [9.17, 15) is 0 Å². The lowest BCUT2D eigenvalue weighted by molar-refractivity contribution is 0.619. The summed E-state index contributed by atoms with van der Waals surface area (Å²) in [5.41, 5.74) is 1.25. The first-order valence-electron chi connectivity index (χ1n) is 7.54. The molecule has 0 atom stereocenters. The maximum Gasteiger partial charge on any atom is 0.150 e. The second kappa shape index (κ2) is 7.24. The van der Waals surface area contributed by atoms with Crippen LogP contribution >= 0.6 is 8.15 Å². The van der Waals surface area contributed by atoms with Crippen molar-refractivity contribution in [2.75, 3.05) is 0 Å². The Kier molecular flexibility index (Phi) is 4.88. The van der Waals surface area contributed by atoms with Crippen LogP contribution in [0.5, 0.6) is 5.75 Å². The van der Waals surface area contributed by atoms with Gasteiger partial charge in [0.2, 0.25) is 0 Å². The molecule has 22 heavy (non-hydrogen) atoms. The molecule has 0 fully saturated rings. The van der Waals surface area contributed by atoms with E-state index in [2.05, 4.69) is 73.7 Å². The summed E-state index contributed by atoms with van der Waals surface area (Å²) in [6.07, 6.45) is 0.975. The fourth-order valence-electron chi connectivity index (χ4n) is 2.36. The van der Waals surface area contributed by atoms with E-state index in [1.165, 1.54) is 16.2 Å². The molecule has 0 radical (unpaired) electrons. The van der Waals surface area contributed by atoms with E-state index in [1.54, 1.807) is 0 Å². The maximum absolute atomic E-state index is 6.47. The molecule has 0 unspecified atom stereocenters. The Labute approximate surface area is 133 Å². The van der Waals surface area contributed by atoms with Crippen LogP contribution in [0.15, 0.2) is 84.9 Å². The van der Waals surface area contributed by atoms with Gasteiger partial charge in [0.05, 0.1) is 0 Å². The van der Waals surface area contributed by atoms with Gasteiger partial charge in [-0.15, -0.1) is 0 Å². The number of rotatable bonds is 5. The molecule has 1 nitrogen and oxygen atoms in total. The standard InChI is InChI=1S/C20H19OP/c1-2-17-11-9-10-16-20(17)21-22(18-12-5-3-6-13-18)19-14-7-4-8-15-19/h3-16H,2H2,1H3. The predicted molar refractivity (Wildman–Crippen MR) is 95.5 cm³/mol. The Morgan fingerprint density at radius 3 is 1.73 bits per heavy atom. The van der Waals surface area contributed by atoms with Crippen molar-refractivity contribution in [2.45, 2.75) is 13.3 Å². The van der Waals surface area contributed by atoms with Crippen molar-refractivity contribution in [1.29, 1.82) is 0 Å². The van der Waals surface area contributed by atoms with Gasteiger partial charge in [-0.1, -0.05) is 85.8 Å². The van der Waals surface area contributed by atoms with Gasteiger partial charge in [-0.3, -0.25) is 0 Å². The highest BCUT2D eigenvalue weighted by atomic mass is 31.1. The highest BCUT2D eigenvalue weighted by molar-refractivity contribution is 7.68. The largest absolute Gasteiger partial charge is 0.464 e. The zero-order valence-corrected chi connectivity index (χ0v) is 13.5. The molecule has 0 aliphatic heterocycles. The smallest absolute Gasteiger partial charge is 0.150 e. The van der Waals surface area contributed by atoms with E-state index in [-0.39, 0.29) is 0 Å². The fourth-order valence-corrected chi connectivity index (χ4v) is 4.13. The zero-order chi connectivity index (χ0) is 15.2. The molecule has 0 saturated carbocycles. The third-order valence-corrected chi connectivity index (χ3v) is 5.44. The first-order valence-corrected chi connectivity index (χ1v) is 8.80. The van der Waals surface area contributed by atoms with Gasteiger partial charge < -0.3 is 4.52 Å². The molecular formula is C20H19OP. The minimum absolute atomic E-state index is 0.849. The highest BCUT2D eigenvalue weighted by Crippen LogP contribution is 2.38. The van der Waals surface area contributed by atoms with Gasteiger partial charge in [0, 0.05) is 10.6 Å². The van der Waals surface area contributed by atoms with E-state index in [1.807, 2.05) is 18.2 Å². The van der Waals surface area contributed by atoms with Crippen molar-refractivity contribution in [1.82, 2.24) is 0 Å². The lowest BCUT2D eigenvalue weighted by atomic mass is 10.1. The van der Waals surface area contributed by atoms with Crippen LogP contribution in [0.3, 0.4) is 0 Å². The van der Waals surface area contributed by atoms with E-state index < -0.39 is 8.15 Å². The molecule has 0 aromatic heterocycles. The molecule has 0 spiro atoms. The van der Waals surface area contributed by atoms with Gasteiger partial charge >= 0.3 is 0 Å². The van der Waals surface area contributed by atoms with Crippen LogP contribution in [0.2, 0.25) is 0 Å². The summed E-state index contributed by atoms with van der Waals surface area (Å²) in [4.78, 5) is 0. The fraction of sp³-hybridized carbons (Fsp3) is 0.100. The van der Waals surface area contributed by atoms with E-state index in [4.69, 9.17) is 4.52 Å². The van der Waals surface area contributed by atoms with Gasteiger partial charge in [0.1, 0.15) is 5.75 Å². The molecule has 0 bridgehead atoms. The molecule has 0 heterocycles. The number of para-hydroxylation sites is 1. The lowest BCUT2D eigenvalue weighted by Gasteiger charge is -2.21. The van der Waals surface area contributed by atoms with Crippen LogP contribution in [0.1, 0.15) is 12.5 Å². The molecule has 0 saturated heterocycles. The molecule has 3 aromatic carbocycles. The third-order valence-electron chi connectivity index (χ3n) is 3.52. The maximum atomic E-state index is 6.47. The number of aryl methyl sites for hydroxylation is 1. The SMILES string of the molecule is CCc1ccccc1OP(c1ccccc1)c1ccccc1. The molecule has 3 aromatic rings. The van der Waals surface area contributed by atoms with Crippen LogP contribution in [-0.4, -0.2) is 0 Å². The van der Waals surface area contributed by atoms with Crippen LogP contribution in [0, 0.1) is 0 Å². The predicted octanol–water partition coefficient (Wildman–Crippen LogP) is 4.68. The van der Waals surface area contributed by atoms with Crippen molar-refractivity contribution in [2.24, 2.45) is 0 Å². The average molecular weight is 306 g/mol. The summed E-state index contributed by atoms with van der Waals surface area (Å²) in [6, 6.07) is 29.3. The highest BCUT2D eigenvalue weighted by Gasteiger charge is 2.17. The van der Waals surface area contributed by atoms with Gasteiger partial charge in [-0.25, -0.2) is 0 Å². The molecule has 0 amide bonds. The minimum atomic E-state index is -0.849. The lowest BCUT2D eigenvalue weighted by Crippen LogP contribution is -2.15. The Balaban J connectivity index is 1.99. The Morgan fingerprint density at radius 1 is 0.682 bits per heavy atom. The Morgan fingerprint density at radius 2 is 1.18 bits per heavy atom. The van der Waals surface area contributed by atoms with Crippen LogP contribution in [0.25, 0.3) is 0 Å². The topological polar surface area (TPSA) is 9.23 Å².